The van der Waals surface area contributed by atoms with Gasteiger partial charge in [0.05, 0.1) is 5.88 Å². The van der Waals surface area contributed by atoms with Crippen molar-refractivity contribution in [2.75, 3.05) is 11.2 Å². The van der Waals surface area contributed by atoms with Gasteiger partial charge in [-0.05, 0) is 36.4 Å². The van der Waals surface area contributed by atoms with Crippen LogP contribution in [-0.2, 0) is 0 Å². The Kier molecular flexibility index (Phi) is 4.18. The normalized spacial score (nSPS) is 10.2. The Balaban J connectivity index is 1.85. The monoisotopic (exact) mass is 265 g/mol. The molecule has 2 nitrogen and oxygen atoms in total. The number of phenolic OH excluding ortho intramolecular Hbond substituents is 1. The molecular formula is C13H12ClNOS. The molecule has 2 aromatic carbocycles. The minimum Gasteiger partial charge on any atom is -0.508 e. The van der Waals surface area contributed by atoms with Gasteiger partial charge in [-0.2, -0.15) is 0 Å². The van der Waals surface area contributed by atoms with E-state index in [9.17, 15) is 5.11 Å². The van der Waals surface area contributed by atoms with Crippen LogP contribution in [0.15, 0.2) is 53.4 Å². The van der Waals surface area contributed by atoms with E-state index in [1.165, 1.54) is 0 Å². The van der Waals surface area contributed by atoms with E-state index in [2.05, 4.69) is 5.32 Å². The minimum atomic E-state index is 0.270. The first-order chi connectivity index (χ1) is 8.24. The van der Waals surface area contributed by atoms with Gasteiger partial charge in [-0.15, -0.1) is 11.8 Å². The highest BCUT2D eigenvalue weighted by atomic mass is 35.5. The fraction of sp³-hybridized carbons (Fsp3) is 0.0769. The first-order valence-electron chi connectivity index (χ1n) is 5.15. The van der Waals surface area contributed by atoms with Crippen LogP contribution >= 0.6 is 23.4 Å². The van der Waals surface area contributed by atoms with Gasteiger partial charge < -0.3 is 10.4 Å². The van der Waals surface area contributed by atoms with Crippen LogP contribution in [0.25, 0.3) is 0 Å². The summed E-state index contributed by atoms with van der Waals surface area (Å²) in [6, 6.07) is 14.8. The number of phenols is 1. The molecule has 88 valence electrons. The molecule has 4 heteroatoms. The molecule has 0 aliphatic rings. The molecule has 0 radical (unpaired) electrons. The highest BCUT2D eigenvalue weighted by Crippen LogP contribution is 2.22. The fourth-order valence-corrected chi connectivity index (χ4v) is 2.21. The van der Waals surface area contributed by atoms with Crippen molar-refractivity contribution in [1.82, 2.24) is 0 Å². The van der Waals surface area contributed by atoms with Crippen molar-refractivity contribution in [2.24, 2.45) is 0 Å². The SMILES string of the molecule is Oc1cccc(NCSc2ccc(Cl)cc2)c1. The maximum Gasteiger partial charge on any atom is 0.117 e. The van der Waals surface area contributed by atoms with E-state index in [4.69, 9.17) is 11.6 Å². The standard InChI is InChI=1S/C13H12ClNOS/c14-10-4-6-13(7-5-10)17-9-15-11-2-1-3-12(16)8-11/h1-8,15-16H,9H2. The van der Waals surface area contributed by atoms with Gasteiger partial charge in [0.25, 0.3) is 0 Å². The highest BCUT2D eigenvalue weighted by molar-refractivity contribution is 7.99. The lowest BCUT2D eigenvalue weighted by molar-refractivity contribution is 0.475. The van der Waals surface area contributed by atoms with E-state index in [-0.39, 0.29) is 5.75 Å². The lowest BCUT2D eigenvalue weighted by Gasteiger charge is -2.06. The number of thioether (sulfide) groups is 1. The van der Waals surface area contributed by atoms with E-state index in [1.54, 1.807) is 23.9 Å². The zero-order valence-corrected chi connectivity index (χ0v) is 10.6. The number of halogens is 1. The minimum absolute atomic E-state index is 0.270. The summed E-state index contributed by atoms with van der Waals surface area (Å²) in [4.78, 5) is 1.15. The van der Waals surface area contributed by atoms with Crippen LogP contribution in [0.1, 0.15) is 0 Å². The largest absolute Gasteiger partial charge is 0.508 e. The van der Waals surface area contributed by atoms with Crippen molar-refractivity contribution >= 4 is 29.1 Å². The number of hydrogen-bond acceptors (Lipinski definition) is 3. The summed E-state index contributed by atoms with van der Waals surface area (Å²) < 4.78 is 0. The molecule has 0 bridgehead atoms. The number of nitrogens with one attached hydrogen (secondary N) is 1. The van der Waals surface area contributed by atoms with E-state index < -0.39 is 0 Å². The van der Waals surface area contributed by atoms with E-state index in [0.717, 1.165) is 21.5 Å². The van der Waals surface area contributed by atoms with Gasteiger partial charge in [0, 0.05) is 21.7 Å². The smallest absolute Gasteiger partial charge is 0.117 e. The maximum atomic E-state index is 9.30. The molecule has 0 amide bonds. The Morgan fingerprint density at radius 2 is 1.88 bits per heavy atom. The zero-order valence-electron chi connectivity index (χ0n) is 9.06. The number of hydrogen-bond donors (Lipinski definition) is 2. The van der Waals surface area contributed by atoms with Crippen molar-refractivity contribution < 1.29 is 5.11 Å². The lowest BCUT2D eigenvalue weighted by atomic mass is 10.3. The molecular weight excluding hydrogens is 254 g/mol. The second kappa shape index (κ2) is 5.84. The van der Waals surface area contributed by atoms with Crippen LogP contribution in [0.3, 0.4) is 0 Å². The Bertz CT molecular complexity index is 487. The number of anilines is 1. The molecule has 2 N–H and O–H groups in total. The van der Waals surface area contributed by atoms with Gasteiger partial charge in [-0.1, -0.05) is 17.7 Å². The molecule has 2 aromatic rings. The second-order valence-corrected chi connectivity index (χ2v) is 4.95. The average molecular weight is 266 g/mol. The summed E-state index contributed by atoms with van der Waals surface area (Å²) >= 11 is 7.48. The van der Waals surface area contributed by atoms with Gasteiger partial charge >= 0.3 is 0 Å². The topological polar surface area (TPSA) is 32.3 Å². The predicted molar refractivity (Wildman–Crippen MR) is 73.9 cm³/mol. The molecule has 0 unspecified atom stereocenters. The third kappa shape index (κ3) is 3.88. The molecule has 0 fully saturated rings. The van der Waals surface area contributed by atoms with Crippen LogP contribution in [0, 0.1) is 0 Å². The first kappa shape index (κ1) is 12.1. The number of aromatic hydroxyl groups is 1. The molecule has 0 heterocycles. The fourth-order valence-electron chi connectivity index (χ4n) is 1.35. The third-order valence-electron chi connectivity index (χ3n) is 2.17. The summed E-state index contributed by atoms with van der Waals surface area (Å²) in [6.45, 7) is 0. The quantitative estimate of drug-likeness (QED) is 0.642. The van der Waals surface area contributed by atoms with Gasteiger partial charge in [0.1, 0.15) is 5.75 Å². The number of benzene rings is 2. The van der Waals surface area contributed by atoms with Crippen LogP contribution in [-0.4, -0.2) is 11.0 Å². The predicted octanol–water partition coefficient (Wildman–Crippen LogP) is 4.21. The number of rotatable bonds is 4. The average Bonchev–Trinajstić information content (AvgIpc) is 2.32. The van der Waals surface area contributed by atoms with Gasteiger partial charge in [0.15, 0.2) is 0 Å². The molecule has 0 aromatic heterocycles. The summed E-state index contributed by atoms with van der Waals surface area (Å²) in [5.41, 5.74) is 0.909. The van der Waals surface area contributed by atoms with Gasteiger partial charge in [0.2, 0.25) is 0 Å². The van der Waals surface area contributed by atoms with Crippen molar-refractivity contribution in [3.05, 3.63) is 53.6 Å². The molecule has 0 atom stereocenters. The van der Waals surface area contributed by atoms with Crippen molar-refractivity contribution in [3.63, 3.8) is 0 Å². The van der Waals surface area contributed by atoms with Crippen LogP contribution in [0.5, 0.6) is 5.75 Å². The zero-order chi connectivity index (χ0) is 12.1. The Morgan fingerprint density at radius 3 is 2.59 bits per heavy atom. The molecule has 2 rings (SSSR count). The summed E-state index contributed by atoms with van der Waals surface area (Å²) in [5.74, 6) is 1.01. The Morgan fingerprint density at radius 1 is 1.12 bits per heavy atom. The van der Waals surface area contributed by atoms with E-state index >= 15 is 0 Å². The molecule has 17 heavy (non-hydrogen) atoms. The van der Waals surface area contributed by atoms with Crippen LogP contribution < -0.4 is 5.32 Å². The van der Waals surface area contributed by atoms with Crippen molar-refractivity contribution in [1.29, 1.82) is 0 Å². The summed E-state index contributed by atoms with van der Waals surface area (Å²) in [6.07, 6.45) is 0. The molecule has 0 saturated carbocycles. The summed E-state index contributed by atoms with van der Waals surface area (Å²) in [7, 11) is 0. The summed E-state index contributed by atoms with van der Waals surface area (Å²) in [5, 5.41) is 13.3. The molecule has 0 aliphatic heterocycles. The van der Waals surface area contributed by atoms with Gasteiger partial charge in [-0.3, -0.25) is 0 Å². The Hall–Kier alpha value is -1.32. The van der Waals surface area contributed by atoms with E-state index in [1.807, 2.05) is 36.4 Å². The van der Waals surface area contributed by atoms with Gasteiger partial charge in [-0.25, -0.2) is 0 Å². The Labute approximate surface area is 110 Å². The van der Waals surface area contributed by atoms with Crippen molar-refractivity contribution in [2.45, 2.75) is 4.90 Å². The van der Waals surface area contributed by atoms with Crippen LogP contribution in [0.4, 0.5) is 5.69 Å². The second-order valence-electron chi connectivity index (χ2n) is 3.47. The first-order valence-corrected chi connectivity index (χ1v) is 6.52. The highest BCUT2D eigenvalue weighted by Gasteiger charge is 1.96. The van der Waals surface area contributed by atoms with Crippen LogP contribution in [0.2, 0.25) is 5.02 Å². The molecule has 0 saturated heterocycles. The molecule has 0 spiro atoms. The maximum absolute atomic E-state index is 9.30. The molecule has 0 aliphatic carbocycles. The lowest BCUT2D eigenvalue weighted by Crippen LogP contribution is -1.96. The third-order valence-corrected chi connectivity index (χ3v) is 3.32. The van der Waals surface area contributed by atoms with Crippen molar-refractivity contribution in [3.8, 4) is 5.75 Å². The van der Waals surface area contributed by atoms with E-state index in [0.29, 0.717) is 0 Å².